The predicted octanol–water partition coefficient (Wildman–Crippen LogP) is 3.00. The molecule has 0 amide bonds. The number of benzene rings is 1. The van der Waals surface area contributed by atoms with Crippen molar-refractivity contribution >= 4 is 11.4 Å². The molecule has 1 heterocycles. The molecule has 1 fully saturated rings. The first kappa shape index (κ1) is 15.6. The Morgan fingerprint density at radius 2 is 2.19 bits per heavy atom. The number of hydrogen-bond donors (Lipinski definition) is 0. The van der Waals surface area contributed by atoms with E-state index in [-0.39, 0.29) is 22.8 Å². The number of rotatable bonds is 5. The number of anilines is 1. The molecule has 0 aliphatic carbocycles. The lowest BCUT2D eigenvalue weighted by Crippen LogP contribution is -2.46. The van der Waals surface area contributed by atoms with E-state index in [1.807, 2.05) is 18.7 Å². The van der Waals surface area contributed by atoms with Crippen LogP contribution in [0.5, 0.6) is 5.75 Å². The van der Waals surface area contributed by atoms with E-state index < -0.39 is 0 Å². The Morgan fingerprint density at radius 1 is 1.43 bits per heavy atom. The molecule has 1 aliphatic heterocycles. The van der Waals surface area contributed by atoms with Gasteiger partial charge in [0.05, 0.1) is 23.7 Å². The molecule has 6 heteroatoms. The first-order valence-electron chi connectivity index (χ1n) is 7.37. The monoisotopic (exact) mass is 294 g/mol. The van der Waals surface area contributed by atoms with Crippen molar-refractivity contribution in [2.45, 2.75) is 39.4 Å². The minimum atomic E-state index is -0.360. The van der Waals surface area contributed by atoms with Crippen molar-refractivity contribution in [2.75, 3.05) is 24.6 Å². The molecule has 2 unspecified atom stereocenters. The van der Waals surface area contributed by atoms with E-state index in [2.05, 4.69) is 6.92 Å². The normalized spacial score (nSPS) is 22.1. The number of ether oxygens (including phenoxy) is 2. The Bertz CT molecular complexity index is 506. The van der Waals surface area contributed by atoms with Gasteiger partial charge in [-0.2, -0.15) is 0 Å². The van der Waals surface area contributed by atoms with Gasteiger partial charge in [0.15, 0.2) is 5.75 Å². The SMILES string of the molecule is CCOc1cccc(N2CC(C)OC(CC)C2)c1[N+](=O)[O-]. The van der Waals surface area contributed by atoms with Gasteiger partial charge in [0, 0.05) is 13.1 Å². The van der Waals surface area contributed by atoms with Crippen molar-refractivity contribution in [1.29, 1.82) is 0 Å². The molecule has 1 saturated heterocycles. The van der Waals surface area contributed by atoms with Gasteiger partial charge in [-0.15, -0.1) is 0 Å². The molecule has 21 heavy (non-hydrogen) atoms. The maximum atomic E-state index is 11.5. The van der Waals surface area contributed by atoms with Crippen LogP contribution in [0.3, 0.4) is 0 Å². The topological polar surface area (TPSA) is 64.8 Å². The van der Waals surface area contributed by atoms with Gasteiger partial charge in [-0.25, -0.2) is 0 Å². The molecule has 0 aromatic heterocycles. The molecule has 1 aromatic rings. The van der Waals surface area contributed by atoms with Crippen LogP contribution in [0, 0.1) is 10.1 Å². The highest BCUT2D eigenvalue weighted by molar-refractivity contribution is 5.70. The van der Waals surface area contributed by atoms with Crippen LogP contribution in [0.4, 0.5) is 11.4 Å². The van der Waals surface area contributed by atoms with E-state index >= 15 is 0 Å². The molecule has 0 radical (unpaired) electrons. The second kappa shape index (κ2) is 6.76. The van der Waals surface area contributed by atoms with E-state index in [4.69, 9.17) is 9.47 Å². The third-order valence-corrected chi connectivity index (χ3v) is 3.58. The van der Waals surface area contributed by atoms with Gasteiger partial charge in [-0.1, -0.05) is 13.0 Å². The number of para-hydroxylation sites is 1. The largest absolute Gasteiger partial charge is 0.487 e. The lowest BCUT2D eigenvalue weighted by molar-refractivity contribution is -0.385. The van der Waals surface area contributed by atoms with E-state index in [1.165, 1.54) is 0 Å². The molecule has 6 nitrogen and oxygen atoms in total. The number of nitrogens with zero attached hydrogens (tertiary/aromatic N) is 2. The van der Waals surface area contributed by atoms with Gasteiger partial charge in [0.25, 0.3) is 0 Å². The summed E-state index contributed by atoms with van der Waals surface area (Å²) < 4.78 is 11.2. The van der Waals surface area contributed by atoms with Crippen molar-refractivity contribution in [3.63, 3.8) is 0 Å². The first-order valence-corrected chi connectivity index (χ1v) is 7.37. The van der Waals surface area contributed by atoms with Gasteiger partial charge in [0.2, 0.25) is 0 Å². The molecular weight excluding hydrogens is 272 g/mol. The van der Waals surface area contributed by atoms with E-state index in [1.54, 1.807) is 18.2 Å². The Hall–Kier alpha value is -1.82. The van der Waals surface area contributed by atoms with Crippen LogP contribution in [0.2, 0.25) is 0 Å². The lowest BCUT2D eigenvalue weighted by atomic mass is 10.1. The molecule has 2 atom stereocenters. The molecule has 2 rings (SSSR count). The fourth-order valence-corrected chi connectivity index (χ4v) is 2.69. The third kappa shape index (κ3) is 3.44. The van der Waals surface area contributed by atoms with E-state index in [0.29, 0.717) is 31.1 Å². The zero-order chi connectivity index (χ0) is 15.4. The summed E-state index contributed by atoms with van der Waals surface area (Å²) in [5, 5.41) is 11.5. The van der Waals surface area contributed by atoms with Crippen LogP contribution in [0.15, 0.2) is 18.2 Å². The second-order valence-corrected chi connectivity index (χ2v) is 5.20. The smallest absolute Gasteiger partial charge is 0.333 e. The number of nitro groups is 1. The van der Waals surface area contributed by atoms with E-state index in [9.17, 15) is 10.1 Å². The summed E-state index contributed by atoms with van der Waals surface area (Å²) in [6.07, 6.45) is 1.04. The van der Waals surface area contributed by atoms with Gasteiger partial charge in [-0.05, 0) is 32.4 Å². The molecule has 116 valence electrons. The summed E-state index contributed by atoms with van der Waals surface area (Å²) in [5.41, 5.74) is 0.655. The summed E-state index contributed by atoms with van der Waals surface area (Å²) in [6, 6.07) is 5.23. The summed E-state index contributed by atoms with van der Waals surface area (Å²) in [6.45, 7) is 7.59. The van der Waals surface area contributed by atoms with Gasteiger partial charge in [0.1, 0.15) is 5.69 Å². The standard InChI is InChI=1S/C15H22N2O4/c1-4-12-10-16(9-11(3)21-12)13-7-6-8-14(20-5-2)15(13)17(18)19/h6-8,11-12H,4-5,9-10H2,1-3H3. The zero-order valence-electron chi connectivity index (χ0n) is 12.7. The average molecular weight is 294 g/mol. The Balaban J connectivity index is 2.38. The van der Waals surface area contributed by atoms with Crippen molar-refractivity contribution in [2.24, 2.45) is 0 Å². The van der Waals surface area contributed by atoms with Gasteiger partial charge >= 0.3 is 5.69 Å². The highest BCUT2D eigenvalue weighted by Crippen LogP contribution is 2.38. The number of morpholine rings is 1. The summed E-state index contributed by atoms with van der Waals surface area (Å²) in [5.74, 6) is 0.326. The minimum absolute atomic E-state index is 0.0447. The highest BCUT2D eigenvalue weighted by Gasteiger charge is 2.30. The lowest BCUT2D eigenvalue weighted by Gasteiger charge is -2.37. The predicted molar refractivity (Wildman–Crippen MR) is 81.1 cm³/mol. The van der Waals surface area contributed by atoms with Crippen LogP contribution in [-0.4, -0.2) is 36.8 Å². The highest BCUT2D eigenvalue weighted by atomic mass is 16.6. The number of nitro benzene ring substituents is 1. The van der Waals surface area contributed by atoms with Gasteiger partial charge < -0.3 is 14.4 Å². The van der Waals surface area contributed by atoms with Crippen LogP contribution >= 0.6 is 0 Å². The second-order valence-electron chi connectivity index (χ2n) is 5.20. The maximum Gasteiger partial charge on any atom is 0.333 e. The molecule has 0 bridgehead atoms. The Labute approximate surface area is 124 Å². The maximum absolute atomic E-state index is 11.5. The Kier molecular flexibility index (Phi) is 5.01. The van der Waals surface area contributed by atoms with Crippen molar-refractivity contribution in [3.05, 3.63) is 28.3 Å². The van der Waals surface area contributed by atoms with Crippen LogP contribution in [0.1, 0.15) is 27.2 Å². The van der Waals surface area contributed by atoms with Crippen molar-refractivity contribution < 1.29 is 14.4 Å². The van der Waals surface area contributed by atoms with Crippen LogP contribution in [-0.2, 0) is 4.74 Å². The molecule has 0 N–H and O–H groups in total. The Morgan fingerprint density at radius 3 is 2.81 bits per heavy atom. The van der Waals surface area contributed by atoms with Crippen molar-refractivity contribution in [1.82, 2.24) is 0 Å². The average Bonchev–Trinajstić information content (AvgIpc) is 2.46. The van der Waals surface area contributed by atoms with Crippen molar-refractivity contribution in [3.8, 4) is 5.75 Å². The molecular formula is C15H22N2O4. The zero-order valence-corrected chi connectivity index (χ0v) is 12.7. The third-order valence-electron chi connectivity index (χ3n) is 3.58. The summed E-state index contributed by atoms with van der Waals surface area (Å²) >= 11 is 0. The quantitative estimate of drug-likeness (QED) is 0.617. The molecule has 1 aliphatic rings. The molecule has 1 aromatic carbocycles. The summed E-state index contributed by atoms with van der Waals surface area (Å²) in [7, 11) is 0. The molecule has 0 spiro atoms. The fourth-order valence-electron chi connectivity index (χ4n) is 2.69. The fraction of sp³-hybridized carbons (Fsp3) is 0.600. The number of hydrogen-bond acceptors (Lipinski definition) is 5. The van der Waals surface area contributed by atoms with Crippen LogP contribution < -0.4 is 9.64 Å². The molecule has 0 saturated carbocycles. The van der Waals surface area contributed by atoms with Crippen LogP contribution in [0.25, 0.3) is 0 Å². The van der Waals surface area contributed by atoms with E-state index in [0.717, 1.165) is 6.42 Å². The summed E-state index contributed by atoms with van der Waals surface area (Å²) in [4.78, 5) is 13.1. The minimum Gasteiger partial charge on any atom is -0.487 e. The van der Waals surface area contributed by atoms with Gasteiger partial charge in [-0.3, -0.25) is 10.1 Å². The first-order chi connectivity index (χ1) is 10.1.